The lowest BCUT2D eigenvalue weighted by molar-refractivity contribution is 0.0888. The summed E-state index contributed by atoms with van der Waals surface area (Å²) in [5, 5.41) is 6.86. The van der Waals surface area contributed by atoms with Gasteiger partial charge in [0.15, 0.2) is 5.96 Å². The molecule has 2 fully saturated rings. The molecule has 5 nitrogen and oxygen atoms in total. The van der Waals surface area contributed by atoms with Crippen molar-refractivity contribution in [1.82, 2.24) is 10.6 Å². The molecule has 0 aromatic rings. The van der Waals surface area contributed by atoms with E-state index in [1.54, 1.807) is 0 Å². The third-order valence-corrected chi connectivity index (χ3v) is 4.26. The molecular weight excluding hydrogens is 266 g/mol. The summed E-state index contributed by atoms with van der Waals surface area (Å²) < 4.78 is 11.0. The molecule has 1 saturated heterocycles. The second-order valence-corrected chi connectivity index (χ2v) is 6.19. The molecule has 3 unspecified atom stereocenters. The van der Waals surface area contributed by atoms with Gasteiger partial charge in [-0.3, -0.25) is 4.99 Å². The van der Waals surface area contributed by atoms with Crippen molar-refractivity contribution >= 4 is 5.96 Å². The lowest BCUT2D eigenvalue weighted by Gasteiger charge is -2.12. The highest BCUT2D eigenvalue weighted by Gasteiger charge is 2.36. The first-order valence-corrected chi connectivity index (χ1v) is 8.46. The Morgan fingerprint density at radius 2 is 2.33 bits per heavy atom. The van der Waals surface area contributed by atoms with Crippen molar-refractivity contribution in [2.75, 3.05) is 40.0 Å². The number of ether oxygens (including phenoxy) is 2. The van der Waals surface area contributed by atoms with Crippen molar-refractivity contribution in [2.24, 2.45) is 16.8 Å². The van der Waals surface area contributed by atoms with E-state index < -0.39 is 0 Å². The van der Waals surface area contributed by atoms with E-state index in [9.17, 15) is 0 Å². The number of aliphatic imine (C=N–C) groups is 1. The molecule has 5 heteroatoms. The van der Waals surface area contributed by atoms with Crippen LogP contribution in [0.25, 0.3) is 0 Å². The monoisotopic (exact) mass is 297 g/mol. The fourth-order valence-corrected chi connectivity index (χ4v) is 2.83. The minimum absolute atomic E-state index is 0.609. The molecule has 1 heterocycles. The molecule has 0 bridgehead atoms. The average molecular weight is 297 g/mol. The summed E-state index contributed by atoms with van der Waals surface area (Å²) in [4.78, 5) is 4.28. The number of hydrogen-bond donors (Lipinski definition) is 2. The van der Waals surface area contributed by atoms with Gasteiger partial charge in [0, 0.05) is 38.8 Å². The van der Waals surface area contributed by atoms with Crippen LogP contribution < -0.4 is 10.6 Å². The molecule has 0 radical (unpaired) electrons. The summed E-state index contributed by atoms with van der Waals surface area (Å²) in [7, 11) is 1.84. The Morgan fingerprint density at radius 1 is 1.43 bits per heavy atom. The normalized spacial score (nSPS) is 28.7. The Balaban J connectivity index is 1.45. The molecule has 122 valence electrons. The molecule has 0 amide bonds. The molecule has 2 N–H and O–H groups in total. The first kappa shape index (κ1) is 16.6. The number of nitrogens with zero attached hydrogens (tertiary/aromatic N) is 1. The summed E-state index contributed by atoms with van der Waals surface area (Å²) in [5.74, 6) is 2.39. The SMILES string of the molecule is CCCC1CC1NC(=NC)NCCCOCC1CCOC1. The van der Waals surface area contributed by atoms with Gasteiger partial charge in [-0.15, -0.1) is 0 Å². The van der Waals surface area contributed by atoms with Crippen molar-refractivity contribution in [3.8, 4) is 0 Å². The average Bonchev–Trinajstić information content (AvgIpc) is 3.01. The lowest BCUT2D eigenvalue weighted by atomic mass is 10.1. The van der Waals surface area contributed by atoms with Gasteiger partial charge in [0.1, 0.15) is 0 Å². The Morgan fingerprint density at radius 3 is 3.05 bits per heavy atom. The predicted octanol–water partition coefficient (Wildman–Crippen LogP) is 1.78. The van der Waals surface area contributed by atoms with E-state index in [2.05, 4.69) is 22.5 Å². The molecule has 1 saturated carbocycles. The Hall–Kier alpha value is -0.810. The van der Waals surface area contributed by atoms with Crippen LogP contribution >= 0.6 is 0 Å². The van der Waals surface area contributed by atoms with Crippen LogP contribution in [0.5, 0.6) is 0 Å². The third-order valence-electron chi connectivity index (χ3n) is 4.26. The zero-order valence-corrected chi connectivity index (χ0v) is 13.6. The van der Waals surface area contributed by atoms with Crippen LogP contribution in [0.1, 0.15) is 39.0 Å². The third kappa shape index (κ3) is 6.22. The van der Waals surface area contributed by atoms with Crippen LogP contribution in [-0.4, -0.2) is 52.0 Å². The Bertz CT molecular complexity index is 317. The highest BCUT2D eigenvalue weighted by atomic mass is 16.5. The zero-order valence-electron chi connectivity index (χ0n) is 13.6. The maximum Gasteiger partial charge on any atom is 0.191 e. The fraction of sp³-hybridized carbons (Fsp3) is 0.938. The molecule has 0 aromatic heterocycles. The summed E-state index contributed by atoms with van der Waals surface area (Å²) in [5.41, 5.74) is 0. The van der Waals surface area contributed by atoms with Gasteiger partial charge < -0.3 is 20.1 Å². The molecule has 2 aliphatic rings. The Labute approximate surface area is 128 Å². The number of rotatable bonds is 9. The quantitative estimate of drug-likeness (QED) is 0.387. The first-order valence-electron chi connectivity index (χ1n) is 8.46. The fourth-order valence-electron chi connectivity index (χ4n) is 2.83. The molecular formula is C16H31N3O2. The van der Waals surface area contributed by atoms with E-state index in [0.29, 0.717) is 12.0 Å². The molecule has 0 aromatic carbocycles. The van der Waals surface area contributed by atoms with Crippen LogP contribution in [0, 0.1) is 11.8 Å². The number of guanidine groups is 1. The van der Waals surface area contributed by atoms with Gasteiger partial charge >= 0.3 is 0 Å². The van der Waals surface area contributed by atoms with Crippen LogP contribution in [0.4, 0.5) is 0 Å². The second-order valence-electron chi connectivity index (χ2n) is 6.19. The topological polar surface area (TPSA) is 54.9 Å². The standard InChI is InChI=1S/C16H31N3O2/c1-3-5-14-10-15(14)19-16(17-2)18-7-4-8-20-11-13-6-9-21-12-13/h13-15H,3-12H2,1-2H3,(H2,17,18,19). The van der Waals surface area contributed by atoms with E-state index >= 15 is 0 Å². The maximum atomic E-state index is 5.70. The van der Waals surface area contributed by atoms with E-state index in [-0.39, 0.29) is 0 Å². The smallest absolute Gasteiger partial charge is 0.191 e. The largest absolute Gasteiger partial charge is 0.381 e. The van der Waals surface area contributed by atoms with Crippen molar-refractivity contribution in [3.05, 3.63) is 0 Å². The first-order chi connectivity index (χ1) is 10.3. The maximum absolute atomic E-state index is 5.70. The summed E-state index contributed by atoms with van der Waals surface area (Å²) in [6, 6.07) is 0.634. The van der Waals surface area contributed by atoms with E-state index in [1.807, 2.05) is 7.05 Å². The van der Waals surface area contributed by atoms with Crippen LogP contribution in [0.15, 0.2) is 4.99 Å². The van der Waals surface area contributed by atoms with Gasteiger partial charge in [0.05, 0.1) is 13.2 Å². The van der Waals surface area contributed by atoms with E-state index in [4.69, 9.17) is 9.47 Å². The predicted molar refractivity (Wildman–Crippen MR) is 85.7 cm³/mol. The number of nitrogens with one attached hydrogen (secondary N) is 2. The van der Waals surface area contributed by atoms with Crippen LogP contribution in [0.3, 0.4) is 0 Å². The highest BCUT2D eigenvalue weighted by Crippen LogP contribution is 2.34. The molecule has 1 aliphatic carbocycles. The zero-order chi connectivity index (χ0) is 14.9. The van der Waals surface area contributed by atoms with Gasteiger partial charge in [0.2, 0.25) is 0 Å². The molecule has 1 aliphatic heterocycles. The highest BCUT2D eigenvalue weighted by molar-refractivity contribution is 5.80. The molecule has 0 spiro atoms. The Kier molecular flexibility index (Phi) is 7.30. The van der Waals surface area contributed by atoms with Gasteiger partial charge in [-0.25, -0.2) is 0 Å². The van der Waals surface area contributed by atoms with Crippen molar-refractivity contribution in [2.45, 2.75) is 45.1 Å². The van der Waals surface area contributed by atoms with Gasteiger partial charge in [-0.2, -0.15) is 0 Å². The van der Waals surface area contributed by atoms with Gasteiger partial charge in [-0.05, 0) is 31.6 Å². The van der Waals surface area contributed by atoms with Crippen LogP contribution in [0.2, 0.25) is 0 Å². The molecule has 2 rings (SSSR count). The number of hydrogen-bond acceptors (Lipinski definition) is 3. The van der Waals surface area contributed by atoms with E-state index in [1.165, 1.54) is 19.3 Å². The van der Waals surface area contributed by atoms with E-state index in [0.717, 1.165) is 57.7 Å². The van der Waals surface area contributed by atoms with Crippen molar-refractivity contribution in [1.29, 1.82) is 0 Å². The van der Waals surface area contributed by atoms with Crippen LogP contribution in [-0.2, 0) is 9.47 Å². The molecule has 3 atom stereocenters. The lowest BCUT2D eigenvalue weighted by Crippen LogP contribution is -2.39. The summed E-state index contributed by atoms with van der Waals surface area (Å²) in [6.45, 7) is 6.58. The summed E-state index contributed by atoms with van der Waals surface area (Å²) in [6.07, 6.45) is 6.05. The minimum atomic E-state index is 0.609. The molecule has 21 heavy (non-hydrogen) atoms. The minimum Gasteiger partial charge on any atom is -0.381 e. The second kappa shape index (κ2) is 9.26. The van der Waals surface area contributed by atoms with Gasteiger partial charge in [-0.1, -0.05) is 13.3 Å². The van der Waals surface area contributed by atoms with Crippen molar-refractivity contribution in [3.63, 3.8) is 0 Å². The van der Waals surface area contributed by atoms with Gasteiger partial charge in [0.25, 0.3) is 0 Å². The summed E-state index contributed by atoms with van der Waals surface area (Å²) >= 11 is 0. The van der Waals surface area contributed by atoms with Crippen molar-refractivity contribution < 1.29 is 9.47 Å².